The third kappa shape index (κ3) is 29.4. The second-order valence-corrected chi connectivity index (χ2v) is 12.2. The van der Waals surface area contributed by atoms with Gasteiger partial charge in [-0.05, 0) is 51.4 Å². The lowest BCUT2D eigenvalue weighted by Gasteiger charge is -2.24. The Hall–Kier alpha value is -2.06. The van der Waals surface area contributed by atoms with Crippen LogP contribution < -0.4 is 0 Å². The van der Waals surface area contributed by atoms with Gasteiger partial charge in [0.15, 0.2) is 0 Å². The van der Waals surface area contributed by atoms with Gasteiger partial charge in [-0.1, -0.05) is 86.8 Å². The van der Waals surface area contributed by atoms with Crippen LogP contribution in [0, 0.1) is 0 Å². The molecule has 0 saturated heterocycles. The second-order valence-electron chi connectivity index (χ2n) is 10.7. The van der Waals surface area contributed by atoms with Crippen LogP contribution in [-0.2, 0) is 27.9 Å². The zero-order valence-electron chi connectivity index (χ0n) is 26.7. The summed E-state index contributed by atoms with van der Waals surface area (Å²) in [5.41, 5.74) is 0. The summed E-state index contributed by atoms with van der Waals surface area (Å²) in [6.45, 7) is 4.71. The summed E-state index contributed by atoms with van der Waals surface area (Å²) in [6, 6.07) is 0. The third-order valence-electron chi connectivity index (χ3n) is 5.59. The maximum absolute atomic E-state index is 12.1. The van der Waals surface area contributed by atoms with Crippen molar-refractivity contribution in [2.75, 3.05) is 54.1 Å². The number of quaternary nitrogens is 1. The minimum Gasteiger partial charge on any atom is -0.457 e. The molecule has 0 aromatic rings. The predicted molar refractivity (Wildman–Crippen MR) is 173 cm³/mol. The Balaban J connectivity index is 4.04. The first-order chi connectivity index (χ1) is 20.1. The predicted octanol–water partition coefficient (Wildman–Crippen LogP) is 7.64. The highest BCUT2D eigenvalue weighted by atomic mass is 31.2. The van der Waals surface area contributed by atoms with Gasteiger partial charge in [0.1, 0.15) is 19.3 Å². The van der Waals surface area contributed by atoms with Gasteiger partial charge in [0, 0.05) is 13.0 Å². The van der Waals surface area contributed by atoms with E-state index in [1.807, 2.05) is 21.1 Å². The number of likely N-dealkylation sites (N-methyl/N-ethyl adjacent to an activating group) is 1. The lowest BCUT2D eigenvalue weighted by molar-refractivity contribution is -0.870. The van der Waals surface area contributed by atoms with Crippen LogP contribution in [0.2, 0.25) is 0 Å². The summed E-state index contributed by atoms with van der Waals surface area (Å²) in [5, 5.41) is 0. The molecule has 0 rings (SSSR count). The molecule has 0 aromatic carbocycles. The first-order valence-corrected chi connectivity index (χ1v) is 16.7. The second kappa shape index (κ2) is 26.6. The van der Waals surface area contributed by atoms with E-state index in [1.165, 1.54) is 0 Å². The molecular formula is C33H57NO7P+. The van der Waals surface area contributed by atoms with Crippen molar-refractivity contribution in [2.45, 2.75) is 77.7 Å². The zero-order chi connectivity index (χ0) is 31.4. The summed E-state index contributed by atoms with van der Waals surface area (Å²) in [5.74, 6) is -0.427. The highest BCUT2D eigenvalue weighted by Crippen LogP contribution is 2.43. The molecule has 0 aliphatic carbocycles. The van der Waals surface area contributed by atoms with Crippen molar-refractivity contribution < 1.29 is 37.3 Å². The summed E-state index contributed by atoms with van der Waals surface area (Å²) in [7, 11) is 1.60. The van der Waals surface area contributed by atoms with Crippen molar-refractivity contribution in [3.05, 3.63) is 72.9 Å². The van der Waals surface area contributed by atoms with Crippen LogP contribution in [0.4, 0.5) is 0 Å². The Labute approximate surface area is 255 Å². The molecule has 9 heteroatoms. The molecule has 0 heterocycles. The van der Waals surface area contributed by atoms with Crippen molar-refractivity contribution in [2.24, 2.45) is 0 Å². The minimum absolute atomic E-state index is 0.0712. The smallest absolute Gasteiger partial charge is 0.457 e. The highest BCUT2D eigenvalue weighted by molar-refractivity contribution is 7.47. The summed E-state index contributed by atoms with van der Waals surface area (Å²) in [4.78, 5) is 21.6. The molecular weight excluding hydrogens is 553 g/mol. The number of rotatable bonds is 26. The van der Waals surface area contributed by atoms with Crippen molar-refractivity contribution in [3.63, 3.8) is 0 Å². The molecule has 0 amide bonds. The topological polar surface area (TPSA) is 91.3 Å². The number of nitrogens with zero attached hydrogens (tertiary/aromatic N) is 1. The van der Waals surface area contributed by atoms with Crippen molar-refractivity contribution in [1.82, 2.24) is 0 Å². The standard InChI is InChI=1S/C33H56NO7P/c1-6-8-9-10-11-12-13-14-15-16-17-18-19-20-21-22-23-24-25-26-28-38-30-32(41-33(35)7-2)31-40-42(36,37)39-29-27-34(3,4)5/h8-9,11-12,14-15,17-18,20-21,23-24,32H,6-7,10,13,16,19,22,25-31H2,1-5H3/p+1/b9-8-,12-11-,15-14-,18-17-,21-20-,24-23-. The van der Waals surface area contributed by atoms with Gasteiger partial charge in [-0.25, -0.2) is 4.57 Å². The summed E-state index contributed by atoms with van der Waals surface area (Å²) in [6.07, 6.45) is 33.1. The number of hydrogen-bond acceptors (Lipinski definition) is 6. The molecule has 240 valence electrons. The van der Waals surface area contributed by atoms with Gasteiger partial charge in [0.25, 0.3) is 0 Å². The largest absolute Gasteiger partial charge is 0.472 e. The van der Waals surface area contributed by atoms with Gasteiger partial charge in [-0.3, -0.25) is 13.8 Å². The maximum atomic E-state index is 12.1. The number of phosphoric acid groups is 1. The monoisotopic (exact) mass is 610 g/mol. The van der Waals surface area contributed by atoms with E-state index in [1.54, 1.807) is 6.92 Å². The highest BCUT2D eigenvalue weighted by Gasteiger charge is 2.26. The Morgan fingerprint density at radius 2 is 1.24 bits per heavy atom. The summed E-state index contributed by atoms with van der Waals surface area (Å²) >= 11 is 0. The molecule has 0 bridgehead atoms. The Morgan fingerprint density at radius 1 is 0.738 bits per heavy atom. The van der Waals surface area contributed by atoms with Crippen LogP contribution in [0.5, 0.6) is 0 Å². The first-order valence-electron chi connectivity index (χ1n) is 15.2. The van der Waals surface area contributed by atoms with E-state index in [-0.39, 0.29) is 26.2 Å². The number of phosphoric ester groups is 1. The van der Waals surface area contributed by atoms with E-state index in [0.717, 1.165) is 51.4 Å². The van der Waals surface area contributed by atoms with Gasteiger partial charge in [-0.15, -0.1) is 0 Å². The number of esters is 1. The Kier molecular flexibility index (Phi) is 25.3. The molecule has 0 saturated carbocycles. The van der Waals surface area contributed by atoms with Gasteiger partial charge >= 0.3 is 13.8 Å². The number of allylic oxidation sites excluding steroid dienone is 12. The number of unbranched alkanes of at least 4 members (excludes halogenated alkanes) is 1. The normalized spacial score (nSPS) is 15.3. The lowest BCUT2D eigenvalue weighted by Crippen LogP contribution is -2.37. The molecule has 0 radical (unpaired) electrons. The van der Waals surface area contributed by atoms with E-state index in [2.05, 4.69) is 79.8 Å². The number of carbonyl (C=O) groups is 1. The number of ether oxygens (including phenoxy) is 2. The molecule has 0 spiro atoms. The molecule has 42 heavy (non-hydrogen) atoms. The van der Waals surface area contributed by atoms with Crippen LogP contribution in [0.15, 0.2) is 72.9 Å². The fraction of sp³-hybridized carbons (Fsp3) is 0.606. The SMILES string of the molecule is CC/C=C\C/C=C\C/C=C\C/C=C\C/C=C\C/C=C\CCCOCC(COP(=O)(O)OCC[N+](C)(C)C)OC(=O)CC. The van der Waals surface area contributed by atoms with Crippen LogP contribution in [0.25, 0.3) is 0 Å². The van der Waals surface area contributed by atoms with E-state index in [0.29, 0.717) is 17.6 Å². The van der Waals surface area contributed by atoms with E-state index >= 15 is 0 Å². The van der Waals surface area contributed by atoms with E-state index in [4.69, 9.17) is 18.5 Å². The van der Waals surface area contributed by atoms with Gasteiger partial charge in [-0.2, -0.15) is 0 Å². The van der Waals surface area contributed by atoms with Crippen LogP contribution >= 0.6 is 7.82 Å². The summed E-state index contributed by atoms with van der Waals surface area (Å²) < 4.78 is 33.7. The zero-order valence-corrected chi connectivity index (χ0v) is 27.6. The molecule has 0 aliphatic rings. The molecule has 2 atom stereocenters. The van der Waals surface area contributed by atoms with Crippen molar-refractivity contribution in [1.29, 1.82) is 0 Å². The number of hydrogen-bond donors (Lipinski definition) is 1. The fourth-order valence-electron chi connectivity index (χ4n) is 3.19. The van der Waals surface area contributed by atoms with Crippen molar-refractivity contribution >= 4 is 13.8 Å². The van der Waals surface area contributed by atoms with Crippen molar-refractivity contribution in [3.8, 4) is 0 Å². The van der Waals surface area contributed by atoms with Crippen LogP contribution in [0.3, 0.4) is 0 Å². The molecule has 2 unspecified atom stereocenters. The van der Waals surface area contributed by atoms with Gasteiger partial charge < -0.3 is 18.9 Å². The molecule has 0 aliphatic heterocycles. The third-order valence-corrected chi connectivity index (χ3v) is 6.57. The van der Waals surface area contributed by atoms with Gasteiger partial charge in [0.05, 0.1) is 34.4 Å². The number of carbonyl (C=O) groups excluding carboxylic acids is 1. The van der Waals surface area contributed by atoms with Crippen LogP contribution in [-0.4, -0.2) is 75.6 Å². The van der Waals surface area contributed by atoms with Crippen LogP contribution in [0.1, 0.15) is 71.6 Å². The Morgan fingerprint density at radius 3 is 1.71 bits per heavy atom. The fourth-order valence-corrected chi connectivity index (χ4v) is 3.93. The molecule has 1 N–H and O–H groups in total. The lowest BCUT2D eigenvalue weighted by atomic mass is 10.2. The maximum Gasteiger partial charge on any atom is 0.472 e. The molecule has 0 fully saturated rings. The molecule has 8 nitrogen and oxygen atoms in total. The Bertz CT molecular complexity index is 901. The quantitative estimate of drug-likeness (QED) is 0.0354. The minimum atomic E-state index is -4.25. The van der Waals surface area contributed by atoms with Gasteiger partial charge in [0.2, 0.25) is 0 Å². The first kappa shape index (κ1) is 39.9. The van der Waals surface area contributed by atoms with E-state index in [9.17, 15) is 14.3 Å². The average molecular weight is 611 g/mol. The van der Waals surface area contributed by atoms with E-state index < -0.39 is 19.9 Å². The molecule has 0 aromatic heterocycles. The average Bonchev–Trinajstić information content (AvgIpc) is 2.93.